The van der Waals surface area contributed by atoms with Crippen molar-refractivity contribution in [1.29, 1.82) is 0 Å². The molecule has 1 aromatic carbocycles. The van der Waals surface area contributed by atoms with E-state index >= 15 is 0 Å². The molecule has 0 fully saturated rings. The Morgan fingerprint density at radius 3 is 2.29 bits per heavy atom. The zero-order valence-corrected chi connectivity index (χ0v) is 14.5. The number of aryl methyl sites for hydroxylation is 1. The molecule has 0 bridgehead atoms. The Kier molecular flexibility index (Phi) is 7.04. The average molecular weight is 329 g/mol. The van der Waals surface area contributed by atoms with Crippen molar-refractivity contribution in [2.24, 2.45) is 0 Å². The van der Waals surface area contributed by atoms with Crippen molar-refractivity contribution < 1.29 is 9.90 Å². The van der Waals surface area contributed by atoms with Crippen LogP contribution in [-0.2, 0) is 6.54 Å². The summed E-state index contributed by atoms with van der Waals surface area (Å²) in [6.45, 7) is 2.97. The lowest BCUT2D eigenvalue weighted by Gasteiger charge is -2.12. The first-order valence-electron chi connectivity index (χ1n) is 9.00. The number of rotatable bonds is 10. The molecule has 0 saturated carbocycles. The Hall–Kier alpha value is -2.10. The number of aromatic carboxylic acids is 1. The van der Waals surface area contributed by atoms with Gasteiger partial charge in [-0.2, -0.15) is 0 Å². The van der Waals surface area contributed by atoms with Gasteiger partial charge in [-0.1, -0.05) is 64.0 Å². The molecule has 0 saturated heterocycles. The number of para-hydroxylation sites is 1. The number of fused-ring (bicyclic) bond motifs is 1. The number of carbonyl (C=O) groups is 1. The second kappa shape index (κ2) is 9.26. The SMILES string of the molecule is CCCCCCCCCCn1cc(C(=O)O)c(=O)c2ccccc21. The lowest BCUT2D eigenvalue weighted by atomic mass is 10.1. The summed E-state index contributed by atoms with van der Waals surface area (Å²) in [7, 11) is 0. The van der Waals surface area contributed by atoms with Gasteiger partial charge in [-0.05, 0) is 18.6 Å². The van der Waals surface area contributed by atoms with Gasteiger partial charge >= 0.3 is 5.97 Å². The highest BCUT2D eigenvalue weighted by molar-refractivity contribution is 5.92. The summed E-state index contributed by atoms with van der Waals surface area (Å²) in [6.07, 6.45) is 11.3. The van der Waals surface area contributed by atoms with Gasteiger partial charge in [0.15, 0.2) is 0 Å². The van der Waals surface area contributed by atoms with Crippen LogP contribution in [0.2, 0.25) is 0 Å². The van der Waals surface area contributed by atoms with E-state index in [0.717, 1.165) is 24.9 Å². The third kappa shape index (κ3) is 4.70. The fourth-order valence-corrected chi connectivity index (χ4v) is 3.10. The predicted octanol–water partition coefficient (Wildman–Crippen LogP) is 4.84. The van der Waals surface area contributed by atoms with Crippen molar-refractivity contribution in [3.05, 3.63) is 46.2 Å². The molecule has 0 spiro atoms. The van der Waals surface area contributed by atoms with Gasteiger partial charge in [0.25, 0.3) is 0 Å². The van der Waals surface area contributed by atoms with Crippen LogP contribution in [0.3, 0.4) is 0 Å². The van der Waals surface area contributed by atoms with Gasteiger partial charge in [0.05, 0.1) is 5.52 Å². The lowest BCUT2D eigenvalue weighted by Crippen LogP contribution is -2.19. The molecule has 0 unspecified atom stereocenters. The molecule has 4 heteroatoms. The topological polar surface area (TPSA) is 59.3 Å². The highest BCUT2D eigenvalue weighted by Gasteiger charge is 2.13. The van der Waals surface area contributed by atoms with Crippen LogP contribution in [0.15, 0.2) is 35.3 Å². The van der Waals surface area contributed by atoms with Gasteiger partial charge in [-0.25, -0.2) is 4.79 Å². The maximum atomic E-state index is 12.2. The molecular weight excluding hydrogens is 302 g/mol. The minimum Gasteiger partial charge on any atom is -0.477 e. The molecule has 0 atom stereocenters. The molecular formula is C20H27NO3. The van der Waals surface area contributed by atoms with Crippen LogP contribution in [0.4, 0.5) is 0 Å². The van der Waals surface area contributed by atoms with Crippen LogP contribution in [0.25, 0.3) is 10.9 Å². The van der Waals surface area contributed by atoms with Crippen molar-refractivity contribution in [2.45, 2.75) is 64.8 Å². The van der Waals surface area contributed by atoms with E-state index in [9.17, 15) is 14.7 Å². The quantitative estimate of drug-likeness (QED) is 0.634. The largest absolute Gasteiger partial charge is 0.477 e. The number of hydrogen-bond acceptors (Lipinski definition) is 2. The van der Waals surface area contributed by atoms with Crippen LogP contribution in [0.5, 0.6) is 0 Å². The highest BCUT2D eigenvalue weighted by Crippen LogP contribution is 2.14. The molecule has 0 radical (unpaired) electrons. The van der Waals surface area contributed by atoms with E-state index in [1.165, 1.54) is 44.7 Å². The van der Waals surface area contributed by atoms with Gasteiger partial charge in [-0.3, -0.25) is 4.79 Å². The number of carboxylic acid groups (broad SMARTS) is 1. The number of unbranched alkanes of at least 4 members (excludes halogenated alkanes) is 7. The molecule has 2 rings (SSSR count). The van der Waals surface area contributed by atoms with Gasteiger partial charge < -0.3 is 9.67 Å². The molecule has 130 valence electrons. The van der Waals surface area contributed by atoms with Crippen LogP contribution < -0.4 is 5.43 Å². The number of pyridine rings is 1. The molecule has 0 amide bonds. The summed E-state index contributed by atoms with van der Waals surface area (Å²) in [5.41, 5.74) is 0.272. The van der Waals surface area contributed by atoms with E-state index in [2.05, 4.69) is 6.92 Å². The number of aromatic nitrogens is 1. The van der Waals surface area contributed by atoms with Crippen LogP contribution in [0, 0.1) is 0 Å². The first-order chi connectivity index (χ1) is 11.6. The molecule has 1 heterocycles. The molecule has 2 aromatic rings. The fraction of sp³-hybridized carbons (Fsp3) is 0.500. The van der Waals surface area contributed by atoms with Crippen LogP contribution in [0.1, 0.15) is 68.6 Å². The van der Waals surface area contributed by atoms with Gasteiger partial charge in [0, 0.05) is 18.1 Å². The van der Waals surface area contributed by atoms with Crippen molar-refractivity contribution in [1.82, 2.24) is 4.57 Å². The minimum absolute atomic E-state index is 0.145. The summed E-state index contributed by atoms with van der Waals surface area (Å²) >= 11 is 0. The Morgan fingerprint density at radius 2 is 1.62 bits per heavy atom. The van der Waals surface area contributed by atoms with Crippen molar-refractivity contribution in [3.63, 3.8) is 0 Å². The number of carboxylic acids is 1. The van der Waals surface area contributed by atoms with Crippen molar-refractivity contribution in [2.75, 3.05) is 0 Å². The first-order valence-corrected chi connectivity index (χ1v) is 9.00. The van der Waals surface area contributed by atoms with E-state index in [1.54, 1.807) is 12.1 Å². The van der Waals surface area contributed by atoms with Crippen LogP contribution in [-0.4, -0.2) is 15.6 Å². The van der Waals surface area contributed by atoms with E-state index in [-0.39, 0.29) is 5.56 Å². The van der Waals surface area contributed by atoms with Gasteiger partial charge in [0.2, 0.25) is 5.43 Å². The summed E-state index contributed by atoms with van der Waals surface area (Å²) in [6, 6.07) is 7.24. The number of nitrogens with zero attached hydrogens (tertiary/aromatic N) is 1. The molecule has 0 aliphatic carbocycles. The fourth-order valence-electron chi connectivity index (χ4n) is 3.10. The molecule has 0 aliphatic heterocycles. The molecule has 1 N–H and O–H groups in total. The minimum atomic E-state index is -1.16. The normalized spacial score (nSPS) is 11.0. The Balaban J connectivity index is 2.00. The third-order valence-corrected chi connectivity index (χ3v) is 4.47. The molecule has 1 aromatic heterocycles. The molecule has 4 nitrogen and oxygen atoms in total. The second-order valence-electron chi connectivity index (χ2n) is 6.36. The van der Waals surface area contributed by atoms with Crippen LogP contribution >= 0.6 is 0 Å². The smallest absolute Gasteiger partial charge is 0.341 e. The Labute approximate surface area is 143 Å². The molecule has 0 aliphatic rings. The zero-order valence-electron chi connectivity index (χ0n) is 14.5. The van der Waals surface area contributed by atoms with E-state index in [1.807, 2.05) is 16.7 Å². The number of benzene rings is 1. The first kappa shape index (κ1) is 18.2. The Bertz CT molecular complexity index is 733. The molecule has 24 heavy (non-hydrogen) atoms. The van der Waals surface area contributed by atoms with Gasteiger partial charge in [-0.15, -0.1) is 0 Å². The second-order valence-corrected chi connectivity index (χ2v) is 6.36. The standard InChI is InChI=1S/C20H27NO3/c1-2-3-4-5-6-7-8-11-14-21-15-17(20(23)24)19(22)16-12-9-10-13-18(16)21/h9-10,12-13,15H,2-8,11,14H2,1H3,(H,23,24). The average Bonchev–Trinajstić information content (AvgIpc) is 2.59. The van der Waals surface area contributed by atoms with Crippen molar-refractivity contribution in [3.8, 4) is 0 Å². The summed E-state index contributed by atoms with van der Waals surface area (Å²) in [5, 5.41) is 9.73. The van der Waals surface area contributed by atoms with Crippen molar-refractivity contribution >= 4 is 16.9 Å². The zero-order chi connectivity index (χ0) is 17.4. The highest BCUT2D eigenvalue weighted by atomic mass is 16.4. The van der Waals surface area contributed by atoms with E-state index in [4.69, 9.17) is 0 Å². The monoisotopic (exact) mass is 329 g/mol. The Morgan fingerprint density at radius 1 is 1.00 bits per heavy atom. The maximum Gasteiger partial charge on any atom is 0.341 e. The van der Waals surface area contributed by atoms with E-state index < -0.39 is 11.4 Å². The van der Waals surface area contributed by atoms with Gasteiger partial charge in [0.1, 0.15) is 5.56 Å². The lowest BCUT2D eigenvalue weighted by molar-refractivity contribution is 0.0695. The summed E-state index contributed by atoms with van der Waals surface area (Å²) in [4.78, 5) is 23.5. The summed E-state index contributed by atoms with van der Waals surface area (Å²) < 4.78 is 1.91. The maximum absolute atomic E-state index is 12.2. The number of hydrogen-bond donors (Lipinski definition) is 1. The van der Waals surface area contributed by atoms with E-state index in [0.29, 0.717) is 5.39 Å². The predicted molar refractivity (Wildman–Crippen MR) is 97.8 cm³/mol. The third-order valence-electron chi connectivity index (χ3n) is 4.47. The summed E-state index contributed by atoms with van der Waals surface area (Å²) in [5.74, 6) is -1.16.